The summed E-state index contributed by atoms with van der Waals surface area (Å²) in [5.74, 6) is -1.23. The third-order valence-electron chi connectivity index (χ3n) is 8.68. The van der Waals surface area contributed by atoms with Crippen molar-refractivity contribution in [1.82, 2.24) is 25.2 Å². The summed E-state index contributed by atoms with van der Waals surface area (Å²) in [5, 5.41) is 11.5. The topological polar surface area (TPSA) is 123 Å². The first-order chi connectivity index (χ1) is 21.1. The molecule has 0 radical (unpaired) electrons. The van der Waals surface area contributed by atoms with Crippen molar-refractivity contribution in [1.29, 1.82) is 0 Å². The zero-order valence-electron chi connectivity index (χ0n) is 26.4. The van der Waals surface area contributed by atoms with Gasteiger partial charge in [0.1, 0.15) is 5.69 Å². The number of nitrogens with zero attached hydrogens (tertiary/aromatic N) is 4. The lowest BCUT2D eigenvalue weighted by atomic mass is 9.83. The first-order valence-electron chi connectivity index (χ1n) is 15.6. The minimum absolute atomic E-state index is 0.0575. The van der Waals surface area contributed by atoms with Crippen molar-refractivity contribution < 1.29 is 23.9 Å². The highest BCUT2D eigenvalue weighted by Gasteiger charge is 2.56. The maximum atomic E-state index is 13.2. The fourth-order valence-electron chi connectivity index (χ4n) is 6.55. The lowest BCUT2D eigenvalue weighted by molar-refractivity contribution is -0.154. The fraction of sp³-hybridized carbons (Fsp3) is 0.529. The van der Waals surface area contributed by atoms with Crippen molar-refractivity contribution in [3.63, 3.8) is 0 Å². The van der Waals surface area contributed by atoms with Crippen LogP contribution in [0.5, 0.6) is 0 Å². The molecule has 10 nitrogen and oxygen atoms in total. The van der Waals surface area contributed by atoms with Crippen molar-refractivity contribution in [2.45, 2.75) is 72.9 Å². The Labute approximate surface area is 259 Å². The van der Waals surface area contributed by atoms with Gasteiger partial charge in [0.05, 0.1) is 42.6 Å². The second-order valence-electron chi connectivity index (χ2n) is 12.3. The van der Waals surface area contributed by atoms with Gasteiger partial charge < -0.3 is 10.1 Å². The Balaban J connectivity index is 1.32. The molecule has 44 heavy (non-hydrogen) atoms. The van der Waals surface area contributed by atoms with Gasteiger partial charge in [-0.2, -0.15) is 0 Å². The Kier molecular flexibility index (Phi) is 10.9. The molecule has 1 aliphatic carbocycles. The number of esters is 1. The Morgan fingerprint density at radius 1 is 1.07 bits per heavy atom. The molecular weight excluding hydrogens is 558 g/mol. The molecule has 2 aliphatic rings. The normalized spacial score (nSPS) is 22.6. The number of ether oxygens (including phenoxy) is 1. The smallest absolute Gasteiger partial charge is 0.311 e. The van der Waals surface area contributed by atoms with Gasteiger partial charge in [0.15, 0.2) is 0 Å². The lowest BCUT2D eigenvalue weighted by Gasteiger charge is -2.28. The summed E-state index contributed by atoms with van der Waals surface area (Å²) in [6, 6.07) is 9.52. The minimum atomic E-state index is -0.755. The highest BCUT2D eigenvalue weighted by molar-refractivity contribution is 6.06. The Bertz CT molecular complexity index is 1350. The van der Waals surface area contributed by atoms with Gasteiger partial charge in [0, 0.05) is 13.0 Å². The zero-order valence-corrected chi connectivity index (χ0v) is 26.4. The van der Waals surface area contributed by atoms with Gasteiger partial charge in [-0.25, -0.2) is 4.68 Å². The van der Waals surface area contributed by atoms with Crippen LogP contribution in [0, 0.1) is 29.1 Å². The number of amides is 3. The molecule has 1 aliphatic heterocycles. The second-order valence-corrected chi connectivity index (χ2v) is 12.3. The van der Waals surface area contributed by atoms with Gasteiger partial charge in [-0.15, -0.1) is 5.10 Å². The molecule has 1 saturated carbocycles. The van der Waals surface area contributed by atoms with E-state index in [1.54, 1.807) is 17.8 Å². The number of hydrogen-bond donors (Lipinski definition) is 1. The molecule has 1 N–H and O–H groups in total. The van der Waals surface area contributed by atoms with Crippen molar-refractivity contribution in [2.24, 2.45) is 29.1 Å². The van der Waals surface area contributed by atoms with Crippen LogP contribution in [-0.2, 0) is 30.5 Å². The molecule has 5 unspecified atom stereocenters. The number of likely N-dealkylation sites (tertiary alicyclic amines) is 1. The number of imide groups is 1. The predicted molar refractivity (Wildman–Crippen MR) is 166 cm³/mol. The van der Waals surface area contributed by atoms with Crippen molar-refractivity contribution >= 4 is 23.7 Å². The van der Waals surface area contributed by atoms with Crippen molar-refractivity contribution in [3.05, 3.63) is 72.1 Å². The number of carbonyl (C=O) groups is 4. The monoisotopic (exact) mass is 603 g/mol. The molecule has 2 fully saturated rings. The van der Waals surface area contributed by atoms with E-state index in [1.807, 2.05) is 82.3 Å². The largest absolute Gasteiger partial charge is 0.466 e. The molecule has 0 spiro atoms. The summed E-state index contributed by atoms with van der Waals surface area (Å²) in [6.07, 6.45) is 11.6. The first-order valence-corrected chi connectivity index (χ1v) is 15.6. The summed E-state index contributed by atoms with van der Waals surface area (Å²) in [5.41, 5.74) is 0.806. The highest BCUT2D eigenvalue weighted by Crippen LogP contribution is 2.48. The predicted octanol–water partition coefficient (Wildman–Crippen LogP) is 4.63. The van der Waals surface area contributed by atoms with Crippen LogP contribution < -0.4 is 5.32 Å². The summed E-state index contributed by atoms with van der Waals surface area (Å²) >= 11 is 0. The van der Waals surface area contributed by atoms with E-state index in [2.05, 4.69) is 15.6 Å². The van der Waals surface area contributed by atoms with E-state index in [-0.39, 0.29) is 72.9 Å². The molecule has 10 heteroatoms. The van der Waals surface area contributed by atoms with E-state index in [0.717, 1.165) is 12.0 Å². The standard InChI is InChI=1S/C34H45N5O5/c1-6-13-24-19-25(14-7-2)30-29(24)31(41)38(32(30)42)18-12-17-28(40)35-21-26-22-39(37-36-26)27(23-15-10-9-11-16-23)20-34(4,5)33(43)44-8-3/h6-7,9-11,13-16,22,24-25,27,29-30H,8,12,17-21H2,1-5H3,(H,35,40). The van der Waals surface area contributed by atoms with Crippen molar-refractivity contribution in [3.8, 4) is 0 Å². The molecule has 236 valence electrons. The fourth-order valence-corrected chi connectivity index (χ4v) is 6.55. The molecule has 2 heterocycles. The maximum Gasteiger partial charge on any atom is 0.311 e. The molecule has 4 rings (SSSR count). The Morgan fingerprint density at radius 3 is 2.30 bits per heavy atom. The number of fused-ring (bicyclic) bond motifs is 1. The van der Waals surface area contributed by atoms with Crippen LogP contribution >= 0.6 is 0 Å². The third kappa shape index (κ3) is 7.34. The van der Waals surface area contributed by atoms with Crippen LogP contribution in [0.15, 0.2) is 60.8 Å². The number of benzene rings is 1. The van der Waals surface area contributed by atoms with Gasteiger partial charge in [0.2, 0.25) is 17.7 Å². The second kappa shape index (κ2) is 14.6. The van der Waals surface area contributed by atoms with Crippen LogP contribution in [-0.4, -0.2) is 56.7 Å². The van der Waals surface area contributed by atoms with Gasteiger partial charge >= 0.3 is 5.97 Å². The van der Waals surface area contributed by atoms with Gasteiger partial charge in [-0.3, -0.25) is 24.1 Å². The summed E-state index contributed by atoms with van der Waals surface area (Å²) in [6.45, 7) is 10.1. The average Bonchev–Trinajstić information content (AvgIpc) is 3.68. The molecular formula is C34H45N5O5. The van der Waals surface area contributed by atoms with Crippen LogP contribution in [0.1, 0.15) is 77.6 Å². The van der Waals surface area contributed by atoms with Crippen LogP contribution in [0.3, 0.4) is 0 Å². The SMILES string of the molecule is CC=CC1CC(C=CC)C2C(=O)N(CCCC(=O)NCc3cn(C(CC(C)(C)C(=O)OCC)c4ccccc4)nn3)C(=O)C12. The van der Waals surface area contributed by atoms with E-state index in [4.69, 9.17) is 4.74 Å². The third-order valence-corrected chi connectivity index (χ3v) is 8.68. The molecule has 1 saturated heterocycles. The Hall–Kier alpha value is -4.08. The number of aromatic nitrogens is 3. The number of allylic oxidation sites excluding steroid dienone is 4. The summed E-state index contributed by atoms with van der Waals surface area (Å²) in [4.78, 5) is 53.1. The first kappa shape index (κ1) is 32.8. The zero-order chi connectivity index (χ0) is 31.9. The van der Waals surface area contributed by atoms with E-state index in [1.165, 1.54) is 4.90 Å². The van der Waals surface area contributed by atoms with Gasteiger partial charge in [-0.1, -0.05) is 59.8 Å². The average molecular weight is 604 g/mol. The molecule has 5 atom stereocenters. The number of rotatable bonds is 14. The molecule has 2 aromatic rings. The van der Waals surface area contributed by atoms with Crippen LogP contribution in [0.4, 0.5) is 0 Å². The van der Waals surface area contributed by atoms with Gasteiger partial charge in [0.25, 0.3) is 0 Å². The number of carbonyl (C=O) groups excluding carboxylic acids is 4. The molecule has 0 bridgehead atoms. The molecule has 1 aromatic heterocycles. The van der Waals surface area contributed by atoms with Crippen molar-refractivity contribution in [2.75, 3.05) is 13.2 Å². The lowest BCUT2D eigenvalue weighted by Crippen LogP contribution is -2.35. The molecule has 1 aromatic carbocycles. The highest BCUT2D eigenvalue weighted by atomic mass is 16.5. The van der Waals surface area contributed by atoms with E-state index < -0.39 is 5.41 Å². The van der Waals surface area contributed by atoms with E-state index >= 15 is 0 Å². The maximum absolute atomic E-state index is 13.2. The van der Waals surface area contributed by atoms with E-state index in [9.17, 15) is 19.2 Å². The quantitative estimate of drug-likeness (QED) is 0.190. The number of hydrogen-bond acceptors (Lipinski definition) is 7. The van der Waals surface area contributed by atoms with Gasteiger partial charge in [-0.05, 0) is 71.3 Å². The number of nitrogens with one attached hydrogen (secondary N) is 1. The summed E-state index contributed by atoms with van der Waals surface area (Å²) < 4.78 is 7.02. The minimum Gasteiger partial charge on any atom is -0.466 e. The van der Waals surface area contributed by atoms with Crippen LogP contribution in [0.25, 0.3) is 0 Å². The Morgan fingerprint density at radius 2 is 1.70 bits per heavy atom. The summed E-state index contributed by atoms with van der Waals surface area (Å²) in [7, 11) is 0. The van der Waals surface area contributed by atoms with E-state index in [0.29, 0.717) is 25.1 Å². The van der Waals surface area contributed by atoms with Crippen LogP contribution in [0.2, 0.25) is 0 Å². The molecule has 3 amide bonds.